The van der Waals surface area contributed by atoms with Crippen LogP contribution in [0.25, 0.3) is 11.6 Å². The number of hydrogen-bond acceptors (Lipinski definition) is 6. The highest BCUT2D eigenvalue weighted by Crippen LogP contribution is 2.23. The molecule has 2 aromatic heterocycles. The lowest BCUT2D eigenvalue weighted by molar-refractivity contribution is 0.102. The summed E-state index contributed by atoms with van der Waals surface area (Å²) < 4.78 is 13.0. The number of carbonyl (C=O) groups is 1. The Balaban J connectivity index is 1.47. The molecule has 0 aliphatic rings. The highest BCUT2D eigenvalue weighted by Gasteiger charge is 2.15. The summed E-state index contributed by atoms with van der Waals surface area (Å²) in [6.07, 6.45) is 0. The van der Waals surface area contributed by atoms with Gasteiger partial charge in [0.25, 0.3) is 11.8 Å². The van der Waals surface area contributed by atoms with Gasteiger partial charge in [-0.15, -0.1) is 5.10 Å². The number of hydrogen-bond donors (Lipinski definition) is 1. The molecule has 0 aliphatic heterocycles. The molecule has 140 valence electrons. The van der Waals surface area contributed by atoms with E-state index < -0.39 is 0 Å². The summed E-state index contributed by atoms with van der Waals surface area (Å²) in [5.41, 5.74) is 1.90. The molecule has 0 saturated carbocycles. The van der Waals surface area contributed by atoms with Crippen molar-refractivity contribution in [3.8, 4) is 23.1 Å². The van der Waals surface area contributed by atoms with Gasteiger partial charge >= 0.3 is 6.01 Å². The molecule has 8 nitrogen and oxygen atoms in total. The zero-order valence-corrected chi connectivity index (χ0v) is 15.3. The molecule has 1 N–H and O–H groups in total. The van der Waals surface area contributed by atoms with Gasteiger partial charge in [0.05, 0.1) is 0 Å². The maximum atomic E-state index is 12.5. The zero-order valence-electron chi connectivity index (χ0n) is 15.3. The standard InChI is InChI=1S/C20H17N5O3/c1-13-11-17(24-25(13)2)19-22-23-20(28-19)21-18(26)14-7-6-10-16(12-14)27-15-8-4-3-5-9-15/h3-12H,1-2H3,(H,21,23,26). The van der Waals surface area contributed by atoms with Crippen molar-refractivity contribution in [3.63, 3.8) is 0 Å². The quantitative estimate of drug-likeness (QED) is 0.570. The molecular formula is C20H17N5O3. The molecule has 0 spiro atoms. The van der Waals surface area contributed by atoms with Crippen LogP contribution in [0.4, 0.5) is 6.01 Å². The van der Waals surface area contributed by atoms with Gasteiger partial charge in [0.2, 0.25) is 0 Å². The van der Waals surface area contributed by atoms with Crippen molar-refractivity contribution < 1.29 is 13.9 Å². The molecule has 28 heavy (non-hydrogen) atoms. The Bertz CT molecular complexity index is 1100. The molecule has 0 unspecified atom stereocenters. The summed E-state index contributed by atoms with van der Waals surface area (Å²) in [6.45, 7) is 1.92. The second-order valence-electron chi connectivity index (χ2n) is 6.10. The minimum absolute atomic E-state index is 0.00214. The molecule has 0 saturated heterocycles. The van der Waals surface area contributed by atoms with E-state index in [0.29, 0.717) is 22.8 Å². The number of nitrogens with zero attached hydrogens (tertiary/aromatic N) is 4. The monoisotopic (exact) mass is 375 g/mol. The third-order valence-electron chi connectivity index (χ3n) is 4.05. The molecule has 0 bridgehead atoms. The van der Waals surface area contributed by atoms with Crippen LogP contribution in [0.3, 0.4) is 0 Å². The minimum atomic E-state index is -0.383. The summed E-state index contributed by atoms with van der Waals surface area (Å²) in [7, 11) is 1.82. The number of carbonyl (C=O) groups excluding carboxylic acids is 1. The molecule has 4 rings (SSSR count). The first-order valence-electron chi connectivity index (χ1n) is 8.57. The first-order valence-corrected chi connectivity index (χ1v) is 8.57. The third kappa shape index (κ3) is 3.75. The fourth-order valence-corrected chi connectivity index (χ4v) is 2.54. The van der Waals surface area contributed by atoms with Crippen LogP contribution in [-0.4, -0.2) is 25.9 Å². The first-order chi connectivity index (χ1) is 13.6. The molecule has 0 fully saturated rings. The molecule has 2 aromatic carbocycles. The van der Waals surface area contributed by atoms with Crippen LogP contribution in [0.15, 0.2) is 65.1 Å². The van der Waals surface area contributed by atoms with Gasteiger partial charge in [-0.05, 0) is 43.3 Å². The predicted octanol–water partition coefficient (Wildman–Crippen LogP) is 3.82. The number of aryl methyl sites for hydroxylation is 2. The Labute approximate surface area is 160 Å². The summed E-state index contributed by atoms with van der Waals surface area (Å²) >= 11 is 0. The average Bonchev–Trinajstić information content (AvgIpc) is 3.29. The number of rotatable bonds is 5. The van der Waals surface area contributed by atoms with Crippen molar-refractivity contribution in [1.82, 2.24) is 20.0 Å². The Hall–Kier alpha value is -3.94. The number of benzene rings is 2. The number of ether oxygens (including phenoxy) is 1. The van der Waals surface area contributed by atoms with Gasteiger partial charge in [0, 0.05) is 18.3 Å². The number of aromatic nitrogens is 4. The van der Waals surface area contributed by atoms with Crippen molar-refractivity contribution in [2.45, 2.75) is 6.92 Å². The van der Waals surface area contributed by atoms with Gasteiger partial charge in [-0.3, -0.25) is 14.8 Å². The molecule has 0 aliphatic carbocycles. The molecule has 0 radical (unpaired) electrons. The lowest BCUT2D eigenvalue weighted by Gasteiger charge is -2.07. The highest BCUT2D eigenvalue weighted by molar-refractivity contribution is 6.03. The van der Waals surface area contributed by atoms with Crippen LogP contribution in [0, 0.1) is 6.92 Å². The third-order valence-corrected chi connectivity index (χ3v) is 4.05. The van der Waals surface area contributed by atoms with Gasteiger partial charge < -0.3 is 9.15 Å². The van der Waals surface area contributed by atoms with Gasteiger partial charge in [-0.25, -0.2) is 0 Å². The second kappa shape index (κ2) is 7.36. The lowest BCUT2D eigenvalue weighted by Crippen LogP contribution is -2.12. The molecule has 2 heterocycles. The molecule has 8 heteroatoms. The normalized spacial score (nSPS) is 10.6. The Morgan fingerprint density at radius 1 is 1.04 bits per heavy atom. The van der Waals surface area contributed by atoms with Crippen molar-refractivity contribution in [2.24, 2.45) is 7.05 Å². The van der Waals surface area contributed by atoms with E-state index in [1.807, 2.05) is 50.4 Å². The summed E-state index contributed by atoms with van der Waals surface area (Å²) in [5.74, 6) is 1.09. The highest BCUT2D eigenvalue weighted by atomic mass is 16.5. The number of amides is 1. The number of nitrogens with one attached hydrogen (secondary N) is 1. The SMILES string of the molecule is Cc1cc(-c2nnc(NC(=O)c3cccc(Oc4ccccc4)c3)o2)nn1C. The van der Waals surface area contributed by atoms with Crippen LogP contribution < -0.4 is 10.1 Å². The van der Waals surface area contributed by atoms with Crippen LogP contribution in [-0.2, 0) is 7.05 Å². The van der Waals surface area contributed by atoms with Gasteiger partial charge in [-0.2, -0.15) is 5.10 Å². The Kier molecular flexibility index (Phi) is 4.59. The summed E-state index contributed by atoms with van der Waals surface area (Å²) in [4.78, 5) is 12.5. The van der Waals surface area contributed by atoms with E-state index in [2.05, 4.69) is 20.6 Å². The van der Waals surface area contributed by atoms with E-state index in [-0.39, 0.29) is 17.8 Å². The van der Waals surface area contributed by atoms with Gasteiger partial charge in [-0.1, -0.05) is 29.4 Å². The van der Waals surface area contributed by atoms with E-state index in [9.17, 15) is 4.79 Å². The summed E-state index contributed by atoms with van der Waals surface area (Å²) in [5, 5.41) is 14.7. The van der Waals surface area contributed by atoms with E-state index in [0.717, 1.165) is 5.69 Å². The van der Waals surface area contributed by atoms with E-state index in [1.165, 1.54) is 0 Å². The van der Waals surface area contributed by atoms with E-state index >= 15 is 0 Å². The van der Waals surface area contributed by atoms with Crippen LogP contribution in [0.1, 0.15) is 16.1 Å². The second-order valence-corrected chi connectivity index (χ2v) is 6.10. The fourth-order valence-electron chi connectivity index (χ4n) is 2.54. The number of anilines is 1. The van der Waals surface area contributed by atoms with Crippen LogP contribution >= 0.6 is 0 Å². The van der Waals surface area contributed by atoms with Crippen molar-refractivity contribution in [2.75, 3.05) is 5.32 Å². The Morgan fingerprint density at radius 3 is 2.57 bits per heavy atom. The number of para-hydroxylation sites is 1. The van der Waals surface area contributed by atoms with Gasteiger partial charge in [0.1, 0.15) is 17.2 Å². The van der Waals surface area contributed by atoms with E-state index in [4.69, 9.17) is 9.15 Å². The Morgan fingerprint density at radius 2 is 1.82 bits per heavy atom. The van der Waals surface area contributed by atoms with Crippen LogP contribution in [0.2, 0.25) is 0 Å². The van der Waals surface area contributed by atoms with Crippen molar-refractivity contribution in [3.05, 3.63) is 71.9 Å². The maximum Gasteiger partial charge on any atom is 0.322 e. The maximum absolute atomic E-state index is 12.5. The minimum Gasteiger partial charge on any atom is -0.457 e. The van der Waals surface area contributed by atoms with Gasteiger partial charge in [0.15, 0.2) is 0 Å². The molecule has 1 amide bonds. The summed E-state index contributed by atoms with van der Waals surface area (Å²) in [6, 6.07) is 18.0. The zero-order chi connectivity index (χ0) is 19.5. The fraction of sp³-hybridized carbons (Fsp3) is 0.100. The van der Waals surface area contributed by atoms with E-state index in [1.54, 1.807) is 28.9 Å². The largest absolute Gasteiger partial charge is 0.457 e. The predicted molar refractivity (Wildman–Crippen MR) is 102 cm³/mol. The van der Waals surface area contributed by atoms with Crippen molar-refractivity contribution >= 4 is 11.9 Å². The first kappa shape index (κ1) is 17.5. The van der Waals surface area contributed by atoms with Crippen molar-refractivity contribution in [1.29, 1.82) is 0 Å². The topological polar surface area (TPSA) is 95.1 Å². The van der Waals surface area contributed by atoms with Crippen LogP contribution in [0.5, 0.6) is 11.5 Å². The smallest absolute Gasteiger partial charge is 0.322 e. The molecule has 0 atom stereocenters. The lowest BCUT2D eigenvalue weighted by atomic mass is 10.2. The molecule has 4 aromatic rings. The average molecular weight is 375 g/mol. The molecular weight excluding hydrogens is 358 g/mol.